The van der Waals surface area contributed by atoms with E-state index in [1.54, 1.807) is 0 Å². The molecule has 0 spiro atoms. The number of rotatable bonds is 0. The number of hydrogen-bond acceptors (Lipinski definition) is 1. The Kier molecular flexibility index (Phi) is 2.69. The van der Waals surface area contributed by atoms with Gasteiger partial charge < -0.3 is 5.11 Å². The molecule has 0 aromatic carbocycles. The second-order valence-corrected chi connectivity index (χ2v) is 4.57. The summed E-state index contributed by atoms with van der Waals surface area (Å²) >= 11 is 0. The average molecular weight is 168 g/mol. The molecule has 12 heavy (non-hydrogen) atoms. The zero-order valence-corrected chi connectivity index (χ0v) is 7.84. The lowest BCUT2D eigenvalue weighted by atomic mass is 9.99. The van der Waals surface area contributed by atoms with Crippen LogP contribution in [0.5, 0.6) is 0 Å². The third kappa shape index (κ3) is 2.01. The van der Waals surface area contributed by atoms with Gasteiger partial charge in [0.2, 0.25) is 0 Å². The van der Waals surface area contributed by atoms with Crippen LogP contribution in [0.15, 0.2) is 0 Å². The minimum absolute atomic E-state index is 0.0492. The molecule has 0 amide bonds. The van der Waals surface area contributed by atoms with E-state index in [4.69, 9.17) is 0 Å². The van der Waals surface area contributed by atoms with Crippen molar-refractivity contribution in [2.75, 3.05) is 0 Å². The van der Waals surface area contributed by atoms with Gasteiger partial charge in [-0.15, -0.1) is 0 Å². The van der Waals surface area contributed by atoms with E-state index in [1.165, 1.54) is 44.9 Å². The second kappa shape index (κ2) is 3.78. The Bertz CT molecular complexity index is 144. The fourth-order valence-corrected chi connectivity index (χ4v) is 2.58. The summed E-state index contributed by atoms with van der Waals surface area (Å²) in [5, 5.41) is 9.74. The van der Waals surface area contributed by atoms with Crippen LogP contribution >= 0.6 is 0 Å². The number of aliphatic hydroxyl groups is 1. The third-order valence-corrected chi connectivity index (χ3v) is 3.55. The van der Waals surface area contributed by atoms with E-state index in [-0.39, 0.29) is 6.10 Å². The van der Waals surface area contributed by atoms with Crippen LogP contribution in [0.1, 0.15) is 51.4 Å². The topological polar surface area (TPSA) is 20.2 Å². The Morgan fingerprint density at radius 2 is 1.50 bits per heavy atom. The Morgan fingerprint density at radius 1 is 0.833 bits per heavy atom. The van der Waals surface area contributed by atoms with E-state index in [1.807, 2.05) is 0 Å². The molecule has 2 aliphatic rings. The molecule has 1 heteroatoms. The van der Waals surface area contributed by atoms with Crippen molar-refractivity contribution in [3.05, 3.63) is 0 Å². The first kappa shape index (κ1) is 8.55. The molecule has 2 saturated carbocycles. The molecule has 2 fully saturated rings. The van der Waals surface area contributed by atoms with Gasteiger partial charge in [0, 0.05) is 0 Å². The molecular formula is C11H20O. The smallest absolute Gasteiger partial charge is 0.0571 e. The van der Waals surface area contributed by atoms with Crippen LogP contribution in [-0.2, 0) is 0 Å². The van der Waals surface area contributed by atoms with E-state index in [2.05, 4.69) is 0 Å². The van der Waals surface area contributed by atoms with E-state index in [0.717, 1.165) is 12.3 Å². The highest BCUT2D eigenvalue weighted by Gasteiger charge is 2.41. The lowest BCUT2D eigenvalue weighted by molar-refractivity contribution is 0.129. The van der Waals surface area contributed by atoms with Gasteiger partial charge in [0.15, 0.2) is 0 Å². The van der Waals surface area contributed by atoms with E-state index in [9.17, 15) is 5.11 Å². The lowest BCUT2D eigenvalue weighted by Crippen LogP contribution is -2.11. The minimum Gasteiger partial charge on any atom is -0.393 e. The van der Waals surface area contributed by atoms with Crippen molar-refractivity contribution in [2.24, 2.45) is 11.8 Å². The SMILES string of the molecule is OC1CCCCCCCC2CC12. The van der Waals surface area contributed by atoms with Crippen LogP contribution < -0.4 is 0 Å². The zero-order chi connectivity index (χ0) is 8.39. The molecule has 0 saturated heterocycles. The van der Waals surface area contributed by atoms with E-state index < -0.39 is 0 Å². The molecule has 1 nitrogen and oxygen atoms in total. The van der Waals surface area contributed by atoms with Gasteiger partial charge in [-0.2, -0.15) is 0 Å². The van der Waals surface area contributed by atoms with Crippen molar-refractivity contribution in [3.63, 3.8) is 0 Å². The first-order chi connectivity index (χ1) is 5.88. The molecule has 0 aromatic heterocycles. The van der Waals surface area contributed by atoms with Gasteiger partial charge in [-0.1, -0.05) is 38.5 Å². The van der Waals surface area contributed by atoms with Gasteiger partial charge in [0.1, 0.15) is 0 Å². The van der Waals surface area contributed by atoms with Gasteiger partial charge in [-0.25, -0.2) is 0 Å². The van der Waals surface area contributed by atoms with Crippen molar-refractivity contribution in [2.45, 2.75) is 57.5 Å². The van der Waals surface area contributed by atoms with Crippen LogP contribution in [0.4, 0.5) is 0 Å². The maximum atomic E-state index is 9.74. The quantitative estimate of drug-likeness (QED) is 0.589. The van der Waals surface area contributed by atoms with Crippen molar-refractivity contribution in [3.8, 4) is 0 Å². The molecule has 0 heterocycles. The first-order valence-electron chi connectivity index (χ1n) is 5.56. The molecular weight excluding hydrogens is 148 g/mol. The van der Waals surface area contributed by atoms with Crippen LogP contribution in [0.3, 0.4) is 0 Å². The van der Waals surface area contributed by atoms with E-state index >= 15 is 0 Å². The minimum atomic E-state index is 0.0492. The highest BCUT2D eigenvalue weighted by Crippen LogP contribution is 2.46. The van der Waals surface area contributed by atoms with Gasteiger partial charge in [0.25, 0.3) is 0 Å². The Balaban J connectivity index is 1.80. The monoisotopic (exact) mass is 168 g/mol. The van der Waals surface area contributed by atoms with Crippen LogP contribution in [-0.4, -0.2) is 11.2 Å². The molecule has 0 aromatic rings. The third-order valence-electron chi connectivity index (χ3n) is 3.55. The standard InChI is InChI=1S/C11H20O/c12-11-7-5-3-1-2-4-6-9-8-10(9)11/h9-12H,1-8H2. The lowest BCUT2D eigenvalue weighted by Gasteiger charge is -2.12. The summed E-state index contributed by atoms with van der Waals surface area (Å²) in [4.78, 5) is 0. The van der Waals surface area contributed by atoms with Gasteiger partial charge >= 0.3 is 0 Å². The predicted molar refractivity (Wildman–Crippen MR) is 49.9 cm³/mol. The fourth-order valence-electron chi connectivity index (χ4n) is 2.58. The summed E-state index contributed by atoms with van der Waals surface area (Å²) < 4.78 is 0. The van der Waals surface area contributed by atoms with Crippen LogP contribution in [0.2, 0.25) is 0 Å². The molecule has 2 aliphatic carbocycles. The number of aliphatic hydroxyl groups excluding tert-OH is 1. The summed E-state index contributed by atoms with van der Waals surface area (Å²) in [5.41, 5.74) is 0. The molecule has 3 atom stereocenters. The second-order valence-electron chi connectivity index (χ2n) is 4.57. The predicted octanol–water partition coefficient (Wildman–Crippen LogP) is 2.73. The van der Waals surface area contributed by atoms with Crippen molar-refractivity contribution in [1.82, 2.24) is 0 Å². The maximum Gasteiger partial charge on any atom is 0.0571 e. The van der Waals surface area contributed by atoms with Crippen LogP contribution in [0.25, 0.3) is 0 Å². The van der Waals surface area contributed by atoms with Crippen molar-refractivity contribution < 1.29 is 5.11 Å². The summed E-state index contributed by atoms with van der Waals surface area (Å²) in [5.74, 6) is 1.60. The molecule has 0 radical (unpaired) electrons. The van der Waals surface area contributed by atoms with E-state index in [0.29, 0.717) is 5.92 Å². The molecule has 3 unspecified atom stereocenters. The normalized spacial score (nSPS) is 43.2. The summed E-state index contributed by atoms with van der Waals surface area (Å²) in [6.07, 6.45) is 10.7. The highest BCUT2D eigenvalue weighted by atomic mass is 16.3. The Labute approximate surface area is 75.2 Å². The van der Waals surface area contributed by atoms with Crippen molar-refractivity contribution in [1.29, 1.82) is 0 Å². The zero-order valence-electron chi connectivity index (χ0n) is 7.84. The Morgan fingerprint density at radius 3 is 2.33 bits per heavy atom. The van der Waals surface area contributed by atoms with Gasteiger partial charge in [-0.3, -0.25) is 0 Å². The number of fused-ring (bicyclic) bond motifs is 1. The first-order valence-corrected chi connectivity index (χ1v) is 5.56. The maximum absolute atomic E-state index is 9.74. The van der Waals surface area contributed by atoms with Crippen LogP contribution in [0, 0.1) is 11.8 Å². The summed E-state index contributed by atoms with van der Waals surface area (Å²) in [6.45, 7) is 0. The Hall–Kier alpha value is -0.0400. The molecule has 0 bridgehead atoms. The molecule has 2 rings (SSSR count). The molecule has 70 valence electrons. The van der Waals surface area contributed by atoms with Gasteiger partial charge in [-0.05, 0) is 24.7 Å². The average Bonchev–Trinajstić information content (AvgIpc) is 2.82. The largest absolute Gasteiger partial charge is 0.393 e. The summed E-state index contributed by atoms with van der Waals surface area (Å²) in [7, 11) is 0. The van der Waals surface area contributed by atoms with Crippen molar-refractivity contribution >= 4 is 0 Å². The highest BCUT2D eigenvalue weighted by molar-refractivity contribution is 4.91. The van der Waals surface area contributed by atoms with Gasteiger partial charge in [0.05, 0.1) is 6.10 Å². The number of hydrogen-bond donors (Lipinski definition) is 1. The molecule has 1 N–H and O–H groups in total. The fraction of sp³-hybridized carbons (Fsp3) is 1.00. The summed E-state index contributed by atoms with van der Waals surface area (Å²) in [6, 6.07) is 0. The molecule has 0 aliphatic heterocycles.